The van der Waals surface area contributed by atoms with Gasteiger partial charge in [0.15, 0.2) is 0 Å². The Bertz CT molecular complexity index is 500. The number of nitrogens with zero attached hydrogens (tertiary/aromatic N) is 3. The van der Waals surface area contributed by atoms with Gasteiger partial charge in [-0.25, -0.2) is 4.98 Å². The van der Waals surface area contributed by atoms with E-state index in [2.05, 4.69) is 15.2 Å². The number of H-pyrrole nitrogens is 1. The average Bonchev–Trinajstić information content (AvgIpc) is 3.11. The van der Waals surface area contributed by atoms with Crippen LogP contribution in [0.25, 0.3) is 0 Å². The van der Waals surface area contributed by atoms with Gasteiger partial charge in [-0.05, 0) is 18.9 Å². The second kappa shape index (κ2) is 4.89. The van der Waals surface area contributed by atoms with E-state index < -0.39 is 0 Å². The van der Waals surface area contributed by atoms with Crippen molar-refractivity contribution in [1.82, 2.24) is 20.1 Å². The van der Waals surface area contributed by atoms with Crippen LogP contribution in [0.4, 0.5) is 0 Å². The molecule has 1 aliphatic rings. The van der Waals surface area contributed by atoms with Crippen molar-refractivity contribution in [2.75, 3.05) is 13.1 Å². The monoisotopic (exact) mass is 262 g/mol. The lowest BCUT2D eigenvalue weighted by Crippen LogP contribution is -2.38. The molecule has 0 unspecified atom stereocenters. The fourth-order valence-electron chi connectivity index (χ4n) is 2.37. The third-order valence-corrected chi connectivity index (χ3v) is 3.98. The Morgan fingerprint density at radius 3 is 2.89 bits per heavy atom. The van der Waals surface area contributed by atoms with Gasteiger partial charge >= 0.3 is 0 Å². The van der Waals surface area contributed by atoms with Crippen LogP contribution in [-0.4, -0.2) is 39.1 Å². The van der Waals surface area contributed by atoms with Crippen molar-refractivity contribution in [3.63, 3.8) is 0 Å². The first kappa shape index (κ1) is 11.4. The molecule has 0 aromatic carbocycles. The Hall–Kier alpha value is -1.69. The van der Waals surface area contributed by atoms with Gasteiger partial charge in [-0.15, -0.1) is 11.3 Å². The maximum atomic E-state index is 12.1. The lowest BCUT2D eigenvalue weighted by Gasteiger charge is -2.31. The van der Waals surface area contributed by atoms with Crippen molar-refractivity contribution in [2.45, 2.75) is 18.8 Å². The first-order chi connectivity index (χ1) is 8.84. The number of hydrogen-bond donors (Lipinski definition) is 1. The molecule has 6 heteroatoms. The van der Waals surface area contributed by atoms with Crippen LogP contribution in [0.1, 0.15) is 34.9 Å². The Balaban J connectivity index is 1.62. The molecule has 2 aromatic heterocycles. The van der Waals surface area contributed by atoms with Gasteiger partial charge < -0.3 is 4.90 Å². The molecule has 2 aromatic rings. The molecular weight excluding hydrogens is 248 g/mol. The molecule has 3 rings (SSSR count). The molecule has 3 heterocycles. The van der Waals surface area contributed by atoms with Gasteiger partial charge in [-0.3, -0.25) is 9.89 Å². The number of amides is 1. The molecule has 0 spiro atoms. The minimum absolute atomic E-state index is 0.0549. The molecule has 94 valence electrons. The van der Waals surface area contributed by atoms with Crippen molar-refractivity contribution in [3.05, 3.63) is 34.5 Å². The topological polar surface area (TPSA) is 61.9 Å². The van der Waals surface area contributed by atoms with E-state index in [0.29, 0.717) is 11.6 Å². The van der Waals surface area contributed by atoms with Crippen LogP contribution in [0.3, 0.4) is 0 Å². The first-order valence-electron chi connectivity index (χ1n) is 6.01. The second-order valence-corrected chi connectivity index (χ2v) is 5.17. The standard InChI is InChI=1S/C12H14N4OS/c17-12(11-7-18-8-13-11)16-5-2-9(3-6-16)10-1-4-14-15-10/h1,4,7-9H,2-3,5-6H2,(H,14,15). The minimum Gasteiger partial charge on any atom is -0.337 e. The predicted octanol–water partition coefficient (Wildman–Crippen LogP) is 1.89. The maximum Gasteiger partial charge on any atom is 0.273 e. The normalized spacial score (nSPS) is 17.0. The van der Waals surface area contributed by atoms with Gasteiger partial charge in [-0.2, -0.15) is 5.10 Å². The van der Waals surface area contributed by atoms with Crippen LogP contribution >= 0.6 is 11.3 Å². The number of aromatic nitrogens is 3. The minimum atomic E-state index is 0.0549. The van der Waals surface area contributed by atoms with Crippen molar-refractivity contribution < 1.29 is 4.79 Å². The number of hydrogen-bond acceptors (Lipinski definition) is 4. The molecule has 5 nitrogen and oxygen atoms in total. The lowest BCUT2D eigenvalue weighted by atomic mass is 9.93. The summed E-state index contributed by atoms with van der Waals surface area (Å²) in [6, 6.07) is 2.02. The number of nitrogens with one attached hydrogen (secondary N) is 1. The quantitative estimate of drug-likeness (QED) is 0.899. The van der Waals surface area contributed by atoms with Crippen molar-refractivity contribution in [3.8, 4) is 0 Å². The van der Waals surface area contributed by atoms with E-state index in [1.165, 1.54) is 17.0 Å². The number of thiazole rings is 1. The zero-order valence-corrected chi connectivity index (χ0v) is 10.7. The summed E-state index contributed by atoms with van der Waals surface area (Å²) in [6.07, 6.45) is 3.75. The van der Waals surface area contributed by atoms with E-state index in [1.54, 1.807) is 11.7 Å². The van der Waals surface area contributed by atoms with Crippen molar-refractivity contribution in [1.29, 1.82) is 0 Å². The molecule has 18 heavy (non-hydrogen) atoms. The summed E-state index contributed by atoms with van der Waals surface area (Å²) < 4.78 is 0. The molecule has 1 N–H and O–H groups in total. The first-order valence-corrected chi connectivity index (χ1v) is 6.95. The average molecular weight is 262 g/mol. The van der Waals surface area contributed by atoms with Crippen LogP contribution in [0.5, 0.6) is 0 Å². The number of aromatic amines is 1. The summed E-state index contributed by atoms with van der Waals surface area (Å²) in [7, 11) is 0. The number of carbonyl (C=O) groups excluding carboxylic acids is 1. The summed E-state index contributed by atoms with van der Waals surface area (Å²) >= 11 is 1.46. The molecule has 1 fully saturated rings. The number of rotatable bonds is 2. The SMILES string of the molecule is O=C(c1cscn1)N1CCC(c2ccn[nH]2)CC1. The third kappa shape index (κ3) is 2.15. The highest BCUT2D eigenvalue weighted by Crippen LogP contribution is 2.26. The second-order valence-electron chi connectivity index (χ2n) is 4.45. The van der Waals surface area contributed by atoms with Gasteiger partial charge in [0.25, 0.3) is 5.91 Å². The zero-order valence-electron chi connectivity index (χ0n) is 9.87. The molecule has 0 aliphatic carbocycles. The maximum absolute atomic E-state index is 12.1. The van der Waals surface area contributed by atoms with Crippen molar-refractivity contribution in [2.24, 2.45) is 0 Å². The molecule has 0 saturated carbocycles. The summed E-state index contributed by atoms with van der Waals surface area (Å²) in [6.45, 7) is 1.58. The fraction of sp³-hybridized carbons (Fsp3) is 0.417. The molecule has 0 atom stereocenters. The van der Waals surface area contributed by atoms with E-state index in [1.807, 2.05) is 16.3 Å². The van der Waals surface area contributed by atoms with Gasteiger partial charge in [0.05, 0.1) is 5.51 Å². The Kier molecular flexibility index (Phi) is 3.10. The smallest absolute Gasteiger partial charge is 0.273 e. The number of piperidine rings is 1. The van der Waals surface area contributed by atoms with Crippen molar-refractivity contribution >= 4 is 17.2 Å². The van der Waals surface area contributed by atoms with Crippen LogP contribution in [0, 0.1) is 0 Å². The van der Waals surface area contributed by atoms with Crippen LogP contribution in [0.15, 0.2) is 23.2 Å². The van der Waals surface area contributed by atoms with Crippen LogP contribution < -0.4 is 0 Å². The summed E-state index contributed by atoms with van der Waals surface area (Å²) in [5.41, 5.74) is 3.45. The van der Waals surface area contributed by atoms with E-state index in [0.717, 1.165) is 25.9 Å². The van der Waals surface area contributed by atoms with E-state index >= 15 is 0 Å². The summed E-state index contributed by atoms with van der Waals surface area (Å²) in [5, 5.41) is 8.80. The Labute approximate surface area is 109 Å². The fourth-order valence-corrected chi connectivity index (χ4v) is 2.89. The molecule has 1 amide bonds. The highest BCUT2D eigenvalue weighted by Gasteiger charge is 2.25. The van der Waals surface area contributed by atoms with Gasteiger partial charge in [0.1, 0.15) is 5.69 Å². The highest BCUT2D eigenvalue weighted by molar-refractivity contribution is 7.07. The molecule has 1 aliphatic heterocycles. The van der Waals surface area contributed by atoms with Crippen LogP contribution in [0.2, 0.25) is 0 Å². The largest absolute Gasteiger partial charge is 0.337 e. The van der Waals surface area contributed by atoms with Gasteiger partial charge in [0, 0.05) is 36.3 Å². The Morgan fingerprint density at radius 2 is 2.28 bits per heavy atom. The molecule has 0 bridgehead atoms. The van der Waals surface area contributed by atoms with E-state index in [4.69, 9.17) is 0 Å². The predicted molar refractivity (Wildman–Crippen MR) is 68.6 cm³/mol. The summed E-state index contributed by atoms with van der Waals surface area (Å²) in [5.74, 6) is 0.547. The van der Waals surface area contributed by atoms with Gasteiger partial charge in [-0.1, -0.05) is 0 Å². The summed E-state index contributed by atoms with van der Waals surface area (Å²) in [4.78, 5) is 18.1. The molecule has 1 saturated heterocycles. The zero-order chi connectivity index (χ0) is 12.4. The van der Waals surface area contributed by atoms with Crippen LogP contribution in [-0.2, 0) is 0 Å². The molecule has 0 radical (unpaired) electrons. The highest BCUT2D eigenvalue weighted by atomic mass is 32.1. The van der Waals surface area contributed by atoms with E-state index in [9.17, 15) is 4.79 Å². The van der Waals surface area contributed by atoms with E-state index in [-0.39, 0.29) is 5.91 Å². The molecular formula is C12H14N4OS. The number of carbonyl (C=O) groups is 1. The number of likely N-dealkylation sites (tertiary alicyclic amines) is 1. The third-order valence-electron chi connectivity index (χ3n) is 3.40. The Morgan fingerprint density at radius 1 is 1.44 bits per heavy atom. The van der Waals surface area contributed by atoms with Gasteiger partial charge in [0.2, 0.25) is 0 Å². The lowest BCUT2D eigenvalue weighted by molar-refractivity contribution is 0.0707.